The van der Waals surface area contributed by atoms with E-state index in [0.717, 1.165) is 5.57 Å². The molecule has 2 aromatic carbocycles. The van der Waals surface area contributed by atoms with Gasteiger partial charge in [-0.2, -0.15) is 0 Å². The van der Waals surface area contributed by atoms with Crippen LogP contribution in [0.5, 0.6) is 0 Å². The Morgan fingerprint density at radius 1 is 0.962 bits per heavy atom. The summed E-state index contributed by atoms with van der Waals surface area (Å²) in [7, 11) is -1.18. The molecular weight excluding hydrogens is 340 g/mol. The first-order valence-corrected chi connectivity index (χ1v) is 10.7. The number of carbonyl (C=O) groups excluding carboxylic acids is 1. The molecule has 26 heavy (non-hydrogen) atoms. The SMILES string of the molecule is COC(=O)/C=C(/C)CO[Si](c1ccccc1)(c1ccccc1)C(C)(C)C. The molecule has 3 nitrogen and oxygen atoms in total. The third-order valence-electron chi connectivity index (χ3n) is 4.50. The summed E-state index contributed by atoms with van der Waals surface area (Å²) in [6, 6.07) is 20.9. The number of benzene rings is 2. The van der Waals surface area contributed by atoms with Crippen molar-refractivity contribution < 1.29 is 14.0 Å². The van der Waals surface area contributed by atoms with Crippen molar-refractivity contribution in [2.24, 2.45) is 0 Å². The Balaban J connectivity index is 2.54. The normalized spacial score (nSPS) is 12.7. The highest BCUT2D eigenvalue weighted by Crippen LogP contribution is 2.36. The average molecular weight is 369 g/mol. The van der Waals surface area contributed by atoms with E-state index >= 15 is 0 Å². The third kappa shape index (κ3) is 4.32. The molecule has 0 unspecified atom stereocenters. The zero-order chi connectivity index (χ0) is 19.2. The molecule has 0 bridgehead atoms. The number of rotatable bonds is 6. The predicted molar refractivity (Wildman–Crippen MR) is 109 cm³/mol. The minimum Gasteiger partial charge on any atom is -0.466 e. The van der Waals surface area contributed by atoms with Crippen molar-refractivity contribution in [2.75, 3.05) is 13.7 Å². The molecule has 0 spiro atoms. The van der Waals surface area contributed by atoms with Gasteiger partial charge in [0.2, 0.25) is 0 Å². The van der Waals surface area contributed by atoms with E-state index in [0.29, 0.717) is 6.61 Å². The molecule has 0 amide bonds. The molecular formula is C22H28O3Si. The van der Waals surface area contributed by atoms with Crippen LogP contribution in [0.2, 0.25) is 5.04 Å². The molecule has 0 atom stereocenters. The topological polar surface area (TPSA) is 35.5 Å². The molecule has 0 aliphatic heterocycles. The number of carbonyl (C=O) groups is 1. The van der Waals surface area contributed by atoms with Gasteiger partial charge in [0, 0.05) is 6.08 Å². The van der Waals surface area contributed by atoms with Gasteiger partial charge >= 0.3 is 5.97 Å². The zero-order valence-electron chi connectivity index (χ0n) is 16.3. The minimum absolute atomic E-state index is 0.0821. The highest BCUT2D eigenvalue weighted by Gasteiger charge is 2.50. The Morgan fingerprint density at radius 2 is 1.42 bits per heavy atom. The van der Waals surface area contributed by atoms with Crippen LogP contribution in [0.4, 0.5) is 0 Å². The first-order valence-electron chi connectivity index (χ1n) is 8.81. The molecule has 0 radical (unpaired) electrons. The quantitative estimate of drug-likeness (QED) is 0.443. The lowest BCUT2D eigenvalue weighted by atomic mass is 10.2. The van der Waals surface area contributed by atoms with Gasteiger partial charge in [-0.3, -0.25) is 0 Å². The Hall–Kier alpha value is -2.17. The number of ether oxygens (including phenoxy) is 1. The molecule has 0 saturated heterocycles. The summed E-state index contributed by atoms with van der Waals surface area (Å²) in [6.07, 6.45) is 1.50. The summed E-state index contributed by atoms with van der Waals surface area (Å²) >= 11 is 0. The fourth-order valence-corrected chi connectivity index (χ4v) is 7.89. The Labute approximate surface area is 157 Å². The molecule has 0 fully saturated rings. The molecule has 0 aromatic heterocycles. The number of hydrogen-bond donors (Lipinski definition) is 0. The molecule has 138 valence electrons. The lowest BCUT2D eigenvalue weighted by Gasteiger charge is -2.43. The smallest absolute Gasteiger partial charge is 0.330 e. The molecule has 2 aromatic rings. The molecule has 0 saturated carbocycles. The van der Waals surface area contributed by atoms with Gasteiger partial charge in [0.1, 0.15) is 0 Å². The van der Waals surface area contributed by atoms with E-state index in [-0.39, 0.29) is 11.0 Å². The van der Waals surface area contributed by atoms with Crippen LogP contribution in [0.25, 0.3) is 0 Å². The largest absolute Gasteiger partial charge is 0.466 e. The van der Waals surface area contributed by atoms with Gasteiger partial charge in [0.15, 0.2) is 0 Å². The maximum absolute atomic E-state index is 11.5. The van der Waals surface area contributed by atoms with E-state index in [9.17, 15) is 4.79 Å². The molecule has 0 heterocycles. The lowest BCUT2D eigenvalue weighted by molar-refractivity contribution is -0.134. The van der Waals surface area contributed by atoms with E-state index in [1.165, 1.54) is 23.6 Å². The first kappa shape index (κ1) is 20.1. The molecule has 0 aliphatic carbocycles. The van der Waals surface area contributed by atoms with Crippen LogP contribution in [-0.2, 0) is 14.0 Å². The van der Waals surface area contributed by atoms with Crippen LogP contribution in [-0.4, -0.2) is 28.0 Å². The minimum atomic E-state index is -2.57. The highest BCUT2D eigenvalue weighted by molar-refractivity contribution is 6.99. The Kier molecular flexibility index (Phi) is 6.56. The third-order valence-corrected chi connectivity index (χ3v) is 9.48. The summed E-state index contributed by atoms with van der Waals surface area (Å²) < 4.78 is 11.5. The second-order valence-corrected chi connectivity index (χ2v) is 11.8. The van der Waals surface area contributed by atoms with E-state index in [1.807, 2.05) is 19.1 Å². The average Bonchev–Trinajstić information content (AvgIpc) is 2.62. The summed E-state index contributed by atoms with van der Waals surface area (Å²) in [6.45, 7) is 8.99. The summed E-state index contributed by atoms with van der Waals surface area (Å²) in [5, 5.41) is 2.37. The van der Waals surface area contributed by atoms with Gasteiger partial charge in [-0.25, -0.2) is 4.79 Å². The van der Waals surface area contributed by atoms with Gasteiger partial charge in [-0.15, -0.1) is 0 Å². The van der Waals surface area contributed by atoms with Gasteiger partial charge < -0.3 is 9.16 Å². The maximum atomic E-state index is 11.5. The first-order chi connectivity index (χ1) is 12.3. The van der Waals surface area contributed by atoms with Crippen molar-refractivity contribution in [2.45, 2.75) is 32.7 Å². The highest BCUT2D eigenvalue weighted by atomic mass is 28.4. The van der Waals surface area contributed by atoms with Gasteiger partial charge in [0.25, 0.3) is 8.32 Å². The second-order valence-electron chi connectivity index (χ2n) is 7.47. The fourth-order valence-electron chi connectivity index (χ4n) is 3.29. The van der Waals surface area contributed by atoms with Crippen molar-refractivity contribution in [1.82, 2.24) is 0 Å². The van der Waals surface area contributed by atoms with Crippen molar-refractivity contribution in [3.05, 3.63) is 72.3 Å². The van der Waals surface area contributed by atoms with Gasteiger partial charge in [0.05, 0.1) is 13.7 Å². The fraction of sp³-hybridized carbons (Fsp3) is 0.318. The van der Waals surface area contributed by atoms with Crippen molar-refractivity contribution in [3.63, 3.8) is 0 Å². The van der Waals surface area contributed by atoms with Crippen molar-refractivity contribution in [3.8, 4) is 0 Å². The lowest BCUT2D eigenvalue weighted by Crippen LogP contribution is -2.66. The Bertz CT molecular complexity index is 706. The maximum Gasteiger partial charge on any atom is 0.330 e. The molecule has 4 heteroatoms. The van der Waals surface area contributed by atoms with Crippen LogP contribution in [0.3, 0.4) is 0 Å². The molecule has 2 rings (SSSR count). The zero-order valence-corrected chi connectivity index (χ0v) is 17.3. The standard InChI is InChI=1S/C22H28O3Si/c1-18(16-21(23)24-5)17-25-26(22(2,3)4,19-12-8-6-9-13-19)20-14-10-7-11-15-20/h6-16H,17H2,1-5H3/b18-16-. The number of methoxy groups -OCH3 is 1. The van der Waals surface area contributed by atoms with Gasteiger partial charge in [-0.05, 0) is 27.9 Å². The van der Waals surface area contributed by atoms with E-state index < -0.39 is 8.32 Å². The van der Waals surface area contributed by atoms with Crippen LogP contribution in [0.15, 0.2) is 72.3 Å². The summed E-state index contributed by atoms with van der Waals surface area (Å²) in [4.78, 5) is 11.5. The predicted octanol–water partition coefficient (Wildman–Crippen LogP) is 3.68. The Morgan fingerprint density at radius 3 is 1.81 bits per heavy atom. The second kappa shape index (κ2) is 8.47. The number of esters is 1. The van der Waals surface area contributed by atoms with Crippen molar-refractivity contribution >= 4 is 24.7 Å². The van der Waals surface area contributed by atoms with Gasteiger partial charge in [-0.1, -0.05) is 81.4 Å². The molecule has 0 N–H and O–H groups in total. The van der Waals surface area contributed by atoms with Crippen LogP contribution >= 0.6 is 0 Å². The van der Waals surface area contributed by atoms with Crippen LogP contribution < -0.4 is 10.4 Å². The van der Waals surface area contributed by atoms with E-state index in [2.05, 4.69) is 69.3 Å². The van der Waals surface area contributed by atoms with E-state index in [4.69, 9.17) is 9.16 Å². The summed E-state index contributed by atoms with van der Waals surface area (Å²) in [5.74, 6) is -0.353. The number of hydrogen-bond acceptors (Lipinski definition) is 3. The van der Waals surface area contributed by atoms with Crippen LogP contribution in [0, 0.1) is 0 Å². The molecule has 0 aliphatic rings. The summed E-state index contributed by atoms with van der Waals surface area (Å²) in [5.41, 5.74) is 0.852. The van der Waals surface area contributed by atoms with E-state index in [1.54, 1.807) is 0 Å². The monoisotopic (exact) mass is 368 g/mol. The van der Waals surface area contributed by atoms with Crippen LogP contribution in [0.1, 0.15) is 27.7 Å². The van der Waals surface area contributed by atoms with Crippen molar-refractivity contribution in [1.29, 1.82) is 0 Å².